The number of unbranched alkanes of at least 4 members (excludes halogenated alkanes) is 1. The average Bonchev–Trinajstić information content (AvgIpc) is 2.86. The molecule has 4 atom stereocenters. The Morgan fingerprint density at radius 3 is 1.92 bits per heavy atom. The van der Waals surface area contributed by atoms with Crippen molar-refractivity contribution in [3.8, 4) is 5.75 Å². The number of carboxylic acids is 2. The summed E-state index contributed by atoms with van der Waals surface area (Å²) in [6.07, 6.45) is 1.00. The van der Waals surface area contributed by atoms with Gasteiger partial charge >= 0.3 is 11.9 Å². The Kier molecular flexibility index (Phi) is 14.5. The van der Waals surface area contributed by atoms with E-state index in [1.165, 1.54) is 12.1 Å². The van der Waals surface area contributed by atoms with Crippen LogP contribution in [0.15, 0.2) is 24.3 Å². The highest BCUT2D eigenvalue weighted by Gasteiger charge is 2.30. The third-order valence-corrected chi connectivity index (χ3v) is 5.92. The van der Waals surface area contributed by atoms with Gasteiger partial charge in [0, 0.05) is 12.8 Å². The predicted molar refractivity (Wildman–Crippen MR) is 142 cm³/mol. The molecular weight excluding hydrogens is 510 g/mol. The van der Waals surface area contributed by atoms with Crippen LogP contribution in [0.1, 0.15) is 57.9 Å². The van der Waals surface area contributed by atoms with Crippen molar-refractivity contribution in [1.29, 1.82) is 0 Å². The fraction of sp³-hybridized carbons (Fsp3) is 0.577. The molecule has 39 heavy (non-hydrogen) atoms. The van der Waals surface area contributed by atoms with Crippen LogP contribution in [0.3, 0.4) is 0 Å². The van der Waals surface area contributed by atoms with E-state index < -0.39 is 53.8 Å². The van der Waals surface area contributed by atoms with Crippen molar-refractivity contribution < 1.29 is 39.3 Å². The molecule has 0 spiro atoms. The van der Waals surface area contributed by atoms with Gasteiger partial charge in [0.15, 0.2) is 0 Å². The first-order valence-corrected chi connectivity index (χ1v) is 12.9. The summed E-state index contributed by atoms with van der Waals surface area (Å²) in [5, 5.41) is 35.6. The summed E-state index contributed by atoms with van der Waals surface area (Å²) < 4.78 is 0. The summed E-state index contributed by atoms with van der Waals surface area (Å²) in [4.78, 5) is 61.5. The number of phenols is 1. The predicted octanol–water partition coefficient (Wildman–Crippen LogP) is -0.159. The zero-order valence-corrected chi connectivity index (χ0v) is 22.4. The second-order valence-electron chi connectivity index (χ2n) is 9.85. The maximum absolute atomic E-state index is 13.2. The van der Waals surface area contributed by atoms with Crippen LogP contribution in [-0.4, -0.2) is 75.7 Å². The number of amides is 3. The van der Waals surface area contributed by atoms with E-state index in [9.17, 15) is 34.2 Å². The monoisotopic (exact) mass is 551 g/mol. The molecule has 0 saturated heterocycles. The van der Waals surface area contributed by atoms with Crippen molar-refractivity contribution in [2.45, 2.75) is 83.0 Å². The highest BCUT2D eigenvalue weighted by molar-refractivity contribution is 5.94. The molecule has 0 bridgehead atoms. The van der Waals surface area contributed by atoms with Crippen molar-refractivity contribution in [1.82, 2.24) is 16.0 Å². The molecule has 13 nitrogen and oxygen atoms in total. The van der Waals surface area contributed by atoms with Crippen molar-refractivity contribution in [3.05, 3.63) is 29.8 Å². The van der Waals surface area contributed by atoms with Crippen LogP contribution in [0.4, 0.5) is 0 Å². The molecule has 3 amide bonds. The molecule has 0 radical (unpaired) electrons. The molecule has 0 aliphatic carbocycles. The van der Waals surface area contributed by atoms with Gasteiger partial charge in [0.1, 0.15) is 23.9 Å². The fourth-order valence-corrected chi connectivity index (χ4v) is 3.77. The van der Waals surface area contributed by atoms with E-state index in [2.05, 4.69) is 16.0 Å². The number of carbonyl (C=O) groups excluding carboxylic acids is 3. The number of hydrogen-bond donors (Lipinski definition) is 8. The smallest absolute Gasteiger partial charge is 0.326 e. The van der Waals surface area contributed by atoms with Gasteiger partial charge in [0.2, 0.25) is 17.7 Å². The Hall–Kier alpha value is -3.71. The normalized spacial score (nSPS) is 14.1. The zero-order valence-electron chi connectivity index (χ0n) is 22.4. The van der Waals surface area contributed by atoms with E-state index in [0.717, 1.165) is 0 Å². The number of hydrogen-bond acceptors (Lipinski definition) is 8. The minimum Gasteiger partial charge on any atom is -0.508 e. The lowest BCUT2D eigenvalue weighted by Gasteiger charge is -2.26. The Labute approximate surface area is 227 Å². The molecule has 1 aromatic rings. The molecular formula is C26H41N5O8. The lowest BCUT2D eigenvalue weighted by molar-refractivity contribution is -0.142. The van der Waals surface area contributed by atoms with Crippen molar-refractivity contribution in [2.24, 2.45) is 17.4 Å². The molecule has 0 aliphatic heterocycles. The summed E-state index contributed by atoms with van der Waals surface area (Å²) in [5.41, 5.74) is 11.9. The number of benzene rings is 1. The standard InChI is InChI=1S/C26H41N5O8/c1-15(2)13-20(25(37)31-21(26(38)39)14-16-6-8-17(32)9-7-16)30-24(36)19(5-3-4-12-27)29-23(35)18(28)10-11-22(33)34/h6-9,15,18-21,32H,3-5,10-14,27-28H2,1-2H3,(H,29,35)(H,30,36)(H,31,37)(H,33,34)(H,38,39). The van der Waals surface area contributed by atoms with Gasteiger partial charge in [-0.2, -0.15) is 0 Å². The first-order chi connectivity index (χ1) is 18.3. The Morgan fingerprint density at radius 1 is 0.821 bits per heavy atom. The van der Waals surface area contributed by atoms with Crippen molar-refractivity contribution in [2.75, 3.05) is 6.54 Å². The molecule has 0 aliphatic rings. The van der Waals surface area contributed by atoms with Crippen LogP contribution in [-0.2, 0) is 30.4 Å². The van der Waals surface area contributed by atoms with Crippen molar-refractivity contribution in [3.63, 3.8) is 0 Å². The summed E-state index contributed by atoms with van der Waals surface area (Å²) in [7, 11) is 0. The van der Waals surface area contributed by atoms with Crippen LogP contribution in [0.2, 0.25) is 0 Å². The molecule has 4 unspecified atom stereocenters. The first kappa shape index (κ1) is 33.3. The minimum absolute atomic E-state index is 0.0188. The van der Waals surface area contributed by atoms with Crippen LogP contribution in [0.25, 0.3) is 0 Å². The van der Waals surface area contributed by atoms with Gasteiger partial charge in [-0.15, -0.1) is 0 Å². The fourth-order valence-electron chi connectivity index (χ4n) is 3.77. The Morgan fingerprint density at radius 2 is 1.38 bits per heavy atom. The average molecular weight is 552 g/mol. The first-order valence-electron chi connectivity index (χ1n) is 12.9. The number of carbonyl (C=O) groups is 5. The largest absolute Gasteiger partial charge is 0.508 e. The number of nitrogens with two attached hydrogens (primary N) is 2. The van der Waals surface area contributed by atoms with Gasteiger partial charge < -0.3 is 42.7 Å². The van der Waals surface area contributed by atoms with E-state index in [1.807, 2.05) is 13.8 Å². The summed E-state index contributed by atoms with van der Waals surface area (Å²) in [5.74, 6) is -4.46. The lowest BCUT2D eigenvalue weighted by Crippen LogP contribution is -2.57. The SMILES string of the molecule is CC(C)CC(NC(=O)C(CCCCN)NC(=O)C(N)CCC(=O)O)C(=O)NC(Cc1ccc(O)cc1)C(=O)O. The van der Waals surface area contributed by atoms with Gasteiger partial charge in [0.25, 0.3) is 0 Å². The molecule has 10 N–H and O–H groups in total. The van der Waals surface area contributed by atoms with Gasteiger partial charge in [-0.1, -0.05) is 26.0 Å². The molecule has 1 aromatic carbocycles. The summed E-state index contributed by atoms with van der Waals surface area (Å²) >= 11 is 0. The Bertz CT molecular complexity index is 970. The maximum atomic E-state index is 13.2. The highest BCUT2D eigenvalue weighted by atomic mass is 16.4. The zero-order chi connectivity index (χ0) is 29.5. The molecule has 0 saturated carbocycles. The second-order valence-corrected chi connectivity index (χ2v) is 9.85. The molecule has 0 heterocycles. The number of rotatable bonds is 18. The van der Waals surface area contributed by atoms with E-state index >= 15 is 0 Å². The van der Waals surface area contributed by atoms with Crippen molar-refractivity contribution >= 4 is 29.7 Å². The number of carboxylic acid groups (broad SMARTS) is 2. The molecule has 13 heteroatoms. The maximum Gasteiger partial charge on any atom is 0.326 e. The topological polar surface area (TPSA) is 234 Å². The van der Waals surface area contributed by atoms with Gasteiger partial charge in [0.05, 0.1) is 6.04 Å². The minimum atomic E-state index is -1.29. The van der Waals surface area contributed by atoms with Crippen LogP contribution >= 0.6 is 0 Å². The van der Waals surface area contributed by atoms with E-state index in [4.69, 9.17) is 16.6 Å². The van der Waals surface area contributed by atoms with Crippen LogP contribution in [0, 0.1) is 5.92 Å². The number of phenolic OH excluding ortho intramolecular Hbond substituents is 1. The molecule has 218 valence electrons. The lowest BCUT2D eigenvalue weighted by atomic mass is 10.00. The van der Waals surface area contributed by atoms with E-state index in [1.54, 1.807) is 12.1 Å². The number of nitrogens with one attached hydrogen (secondary N) is 3. The van der Waals surface area contributed by atoms with Gasteiger partial charge in [-0.25, -0.2) is 4.79 Å². The second kappa shape index (κ2) is 17.0. The van der Waals surface area contributed by atoms with Crippen LogP contribution < -0.4 is 27.4 Å². The molecule has 1 rings (SSSR count). The summed E-state index contributed by atoms with van der Waals surface area (Å²) in [6.45, 7) is 4.04. The number of aromatic hydroxyl groups is 1. The third-order valence-electron chi connectivity index (χ3n) is 5.92. The summed E-state index contributed by atoms with van der Waals surface area (Å²) in [6, 6.07) is 1.32. The van der Waals surface area contributed by atoms with E-state index in [0.29, 0.717) is 24.9 Å². The number of aliphatic carboxylic acids is 2. The van der Waals surface area contributed by atoms with Gasteiger partial charge in [-0.05, 0) is 62.3 Å². The van der Waals surface area contributed by atoms with Crippen LogP contribution in [0.5, 0.6) is 5.75 Å². The molecule has 0 aromatic heterocycles. The quantitative estimate of drug-likeness (QED) is 0.112. The molecule has 0 fully saturated rings. The highest BCUT2D eigenvalue weighted by Crippen LogP contribution is 2.13. The van der Waals surface area contributed by atoms with Gasteiger partial charge in [-0.3, -0.25) is 19.2 Å². The third kappa shape index (κ3) is 13.1. The Balaban J connectivity index is 3.00. The van der Waals surface area contributed by atoms with E-state index in [-0.39, 0.29) is 43.8 Å².